The van der Waals surface area contributed by atoms with Gasteiger partial charge in [0.25, 0.3) is 5.91 Å². The number of rotatable bonds is 4. The van der Waals surface area contributed by atoms with Crippen LogP contribution in [0.25, 0.3) is 11.1 Å². The molecule has 1 aliphatic heterocycles. The number of fused-ring (bicyclic) bond motifs is 1. The van der Waals surface area contributed by atoms with E-state index in [1.807, 2.05) is 0 Å². The first kappa shape index (κ1) is 25.1. The summed E-state index contributed by atoms with van der Waals surface area (Å²) in [4.78, 5) is 14.7. The van der Waals surface area contributed by atoms with E-state index < -0.39 is 21.8 Å². The van der Waals surface area contributed by atoms with Crippen LogP contribution >= 0.6 is 15.9 Å². The summed E-state index contributed by atoms with van der Waals surface area (Å²) in [6.07, 6.45) is -3.03. The van der Waals surface area contributed by atoms with Gasteiger partial charge < -0.3 is 10.0 Å². The summed E-state index contributed by atoms with van der Waals surface area (Å²) >= 11 is 3.26. The SMILES string of the molecule is Cc1cc(C(F)(F)F)cc(Br)c1-c1ccc2c(c1)CCN(c1ccc(O)c(NS(C)(=O)=O)c1)C2=O. The van der Waals surface area contributed by atoms with Crippen LogP contribution in [0.1, 0.15) is 27.0 Å². The molecule has 0 aromatic heterocycles. The van der Waals surface area contributed by atoms with Crippen molar-refractivity contribution in [1.29, 1.82) is 0 Å². The number of nitrogens with one attached hydrogen (secondary N) is 1. The van der Waals surface area contributed by atoms with Crippen molar-refractivity contribution in [2.45, 2.75) is 19.5 Å². The molecule has 184 valence electrons. The van der Waals surface area contributed by atoms with Crippen LogP contribution in [-0.2, 0) is 22.6 Å². The van der Waals surface area contributed by atoms with Gasteiger partial charge in [-0.05, 0) is 72.0 Å². The molecule has 3 aromatic carbocycles. The van der Waals surface area contributed by atoms with E-state index in [4.69, 9.17) is 0 Å². The Bertz CT molecular complexity index is 1430. The molecule has 1 aliphatic rings. The highest BCUT2D eigenvalue weighted by Gasteiger charge is 2.32. The van der Waals surface area contributed by atoms with E-state index in [0.29, 0.717) is 45.4 Å². The van der Waals surface area contributed by atoms with Gasteiger partial charge in [-0.2, -0.15) is 13.2 Å². The van der Waals surface area contributed by atoms with E-state index in [2.05, 4.69) is 20.7 Å². The Labute approximate surface area is 208 Å². The molecule has 0 saturated heterocycles. The molecular formula is C24H20BrF3N2O4S. The molecule has 0 radical (unpaired) electrons. The smallest absolute Gasteiger partial charge is 0.416 e. The predicted molar refractivity (Wildman–Crippen MR) is 131 cm³/mol. The summed E-state index contributed by atoms with van der Waals surface area (Å²) in [5.74, 6) is -0.580. The highest BCUT2D eigenvalue weighted by molar-refractivity contribution is 9.10. The van der Waals surface area contributed by atoms with E-state index in [0.717, 1.165) is 24.0 Å². The molecule has 35 heavy (non-hydrogen) atoms. The molecule has 0 atom stereocenters. The van der Waals surface area contributed by atoms with E-state index >= 15 is 0 Å². The molecule has 0 spiro atoms. The standard InChI is InChI=1S/C24H20BrF3N2O4S/c1-13-9-16(24(26,27)28)11-19(25)22(13)15-3-5-18-14(10-15)7-8-30(23(18)32)17-4-6-21(31)20(12-17)29-35(2,33)34/h3-6,9-12,29,31H,7-8H2,1-2H3. The fourth-order valence-corrected chi connectivity index (χ4v) is 5.49. The first-order valence-corrected chi connectivity index (χ1v) is 13.1. The zero-order chi connectivity index (χ0) is 25.7. The number of carbonyl (C=O) groups is 1. The number of alkyl halides is 3. The van der Waals surface area contributed by atoms with Crippen molar-refractivity contribution in [1.82, 2.24) is 0 Å². The lowest BCUT2D eigenvalue weighted by atomic mass is 9.91. The second kappa shape index (κ2) is 8.87. The number of nitrogens with zero attached hydrogens (tertiary/aromatic N) is 1. The average molecular weight is 569 g/mol. The van der Waals surface area contributed by atoms with E-state index in [1.165, 1.54) is 23.1 Å². The van der Waals surface area contributed by atoms with Gasteiger partial charge in [0, 0.05) is 22.3 Å². The van der Waals surface area contributed by atoms with Crippen molar-refractivity contribution in [3.8, 4) is 16.9 Å². The van der Waals surface area contributed by atoms with Crippen molar-refractivity contribution in [3.05, 3.63) is 75.3 Å². The minimum Gasteiger partial charge on any atom is -0.506 e. The summed E-state index contributed by atoms with van der Waals surface area (Å²) in [6.45, 7) is 1.90. The minimum absolute atomic E-state index is 0.0402. The van der Waals surface area contributed by atoms with Crippen LogP contribution in [0.5, 0.6) is 5.75 Å². The van der Waals surface area contributed by atoms with Crippen molar-refractivity contribution in [2.24, 2.45) is 0 Å². The molecule has 2 N–H and O–H groups in total. The fourth-order valence-electron chi connectivity index (χ4n) is 4.14. The topological polar surface area (TPSA) is 86.7 Å². The Balaban J connectivity index is 1.67. The van der Waals surface area contributed by atoms with E-state index in [-0.39, 0.29) is 17.3 Å². The second-order valence-corrected chi connectivity index (χ2v) is 10.9. The molecule has 0 fully saturated rings. The van der Waals surface area contributed by atoms with Gasteiger partial charge in [-0.15, -0.1) is 0 Å². The van der Waals surface area contributed by atoms with Crippen LogP contribution in [0.15, 0.2) is 53.0 Å². The lowest BCUT2D eigenvalue weighted by Crippen LogP contribution is -2.37. The fraction of sp³-hybridized carbons (Fsp3) is 0.208. The predicted octanol–water partition coefficient (Wildman–Crippen LogP) is 5.72. The van der Waals surface area contributed by atoms with Gasteiger partial charge in [0.1, 0.15) is 5.75 Å². The molecule has 0 bridgehead atoms. The van der Waals surface area contributed by atoms with Crippen LogP contribution in [0.2, 0.25) is 0 Å². The lowest BCUT2D eigenvalue weighted by Gasteiger charge is -2.29. The van der Waals surface area contributed by atoms with Gasteiger partial charge >= 0.3 is 6.18 Å². The summed E-state index contributed by atoms with van der Waals surface area (Å²) in [7, 11) is -3.64. The number of benzene rings is 3. The number of hydrogen-bond acceptors (Lipinski definition) is 4. The summed E-state index contributed by atoms with van der Waals surface area (Å²) < 4.78 is 65.1. The molecule has 0 aliphatic carbocycles. The number of sulfonamides is 1. The van der Waals surface area contributed by atoms with Crippen LogP contribution in [-0.4, -0.2) is 32.2 Å². The molecule has 0 saturated carbocycles. The molecule has 11 heteroatoms. The first-order chi connectivity index (χ1) is 16.2. The maximum atomic E-state index is 13.2. The number of hydrogen-bond donors (Lipinski definition) is 2. The third-order valence-corrected chi connectivity index (χ3v) is 6.89. The number of phenols is 1. The number of amides is 1. The quantitative estimate of drug-likeness (QED) is 0.394. The summed E-state index contributed by atoms with van der Waals surface area (Å²) in [5, 5.41) is 9.97. The lowest BCUT2D eigenvalue weighted by molar-refractivity contribution is -0.137. The van der Waals surface area contributed by atoms with E-state index in [1.54, 1.807) is 25.1 Å². The van der Waals surface area contributed by atoms with Crippen LogP contribution in [0, 0.1) is 6.92 Å². The first-order valence-electron chi connectivity index (χ1n) is 10.4. The van der Waals surface area contributed by atoms with Gasteiger partial charge in [-0.25, -0.2) is 8.42 Å². The normalized spacial score (nSPS) is 14.1. The highest BCUT2D eigenvalue weighted by atomic mass is 79.9. The van der Waals surface area contributed by atoms with Gasteiger partial charge in [-0.1, -0.05) is 28.1 Å². The third kappa shape index (κ3) is 5.15. The molecule has 6 nitrogen and oxygen atoms in total. The Morgan fingerprint density at radius 2 is 1.80 bits per heavy atom. The number of anilines is 2. The van der Waals surface area contributed by atoms with Crippen molar-refractivity contribution in [3.63, 3.8) is 0 Å². The largest absolute Gasteiger partial charge is 0.506 e. The zero-order valence-electron chi connectivity index (χ0n) is 18.6. The Kier molecular flexibility index (Phi) is 6.35. The minimum atomic E-state index is -4.46. The summed E-state index contributed by atoms with van der Waals surface area (Å²) in [6, 6.07) is 11.5. The van der Waals surface area contributed by atoms with Crippen molar-refractivity contribution < 1.29 is 31.5 Å². The second-order valence-electron chi connectivity index (χ2n) is 8.30. The van der Waals surface area contributed by atoms with Gasteiger partial charge in [0.2, 0.25) is 10.0 Å². The summed E-state index contributed by atoms with van der Waals surface area (Å²) in [5.41, 5.74) is 2.57. The van der Waals surface area contributed by atoms with Crippen molar-refractivity contribution >= 4 is 43.2 Å². The average Bonchev–Trinajstić information content (AvgIpc) is 2.73. The number of phenolic OH excluding ortho intramolecular Hbond substituents is 1. The van der Waals surface area contributed by atoms with Gasteiger partial charge in [-0.3, -0.25) is 9.52 Å². The monoisotopic (exact) mass is 568 g/mol. The van der Waals surface area contributed by atoms with Crippen LogP contribution in [0.3, 0.4) is 0 Å². The van der Waals surface area contributed by atoms with Gasteiger partial charge in [0.05, 0.1) is 17.5 Å². The Morgan fingerprint density at radius 3 is 2.43 bits per heavy atom. The molecule has 4 rings (SSSR count). The van der Waals surface area contributed by atoms with Crippen molar-refractivity contribution in [2.75, 3.05) is 22.4 Å². The Hall–Kier alpha value is -3.05. The molecular weight excluding hydrogens is 549 g/mol. The van der Waals surface area contributed by atoms with Crippen LogP contribution in [0.4, 0.5) is 24.5 Å². The number of carbonyl (C=O) groups excluding carboxylic acids is 1. The van der Waals surface area contributed by atoms with Gasteiger partial charge in [0.15, 0.2) is 0 Å². The molecule has 1 heterocycles. The zero-order valence-corrected chi connectivity index (χ0v) is 21.0. The number of halogens is 4. The maximum Gasteiger partial charge on any atom is 0.416 e. The number of aromatic hydroxyl groups is 1. The maximum absolute atomic E-state index is 13.2. The highest BCUT2D eigenvalue weighted by Crippen LogP contribution is 2.39. The molecule has 0 unspecified atom stereocenters. The Morgan fingerprint density at radius 1 is 1.09 bits per heavy atom. The number of aryl methyl sites for hydroxylation is 1. The van der Waals surface area contributed by atoms with Crippen LogP contribution < -0.4 is 9.62 Å². The third-order valence-electron chi connectivity index (χ3n) is 5.68. The molecule has 1 amide bonds. The van der Waals surface area contributed by atoms with E-state index in [9.17, 15) is 31.5 Å². The molecule has 3 aromatic rings.